The van der Waals surface area contributed by atoms with E-state index < -0.39 is 14.9 Å². The van der Waals surface area contributed by atoms with Crippen LogP contribution in [-0.4, -0.2) is 20.9 Å². The van der Waals surface area contributed by atoms with Crippen LogP contribution in [0.5, 0.6) is 0 Å². The van der Waals surface area contributed by atoms with Crippen LogP contribution in [-0.2, 0) is 26.1 Å². The molecule has 0 unspecified atom stereocenters. The van der Waals surface area contributed by atoms with Gasteiger partial charge < -0.3 is 4.90 Å². The molecule has 0 N–H and O–H groups in total. The first-order chi connectivity index (χ1) is 16.6. The standard InChI is InChI=1S/C28H27ClN2O2S/c29-26(19-11-4-12-20-26)31-28(24-17-9-3-10-18-24)30(21-22-13-5-1-6-14-22)25(32)27(33-31,34-28)23-15-7-2-8-16-23/h1-3,5-10,13-18H,4,11-12,19-21H2/t27-,28+/m1/s1. The van der Waals surface area contributed by atoms with Gasteiger partial charge in [0.2, 0.25) is 4.93 Å². The topological polar surface area (TPSA) is 32.8 Å². The van der Waals surface area contributed by atoms with Gasteiger partial charge in [-0.3, -0.25) is 9.63 Å². The Bertz CT molecular complexity index is 1170. The predicted octanol–water partition coefficient (Wildman–Crippen LogP) is 6.57. The van der Waals surface area contributed by atoms with Crippen LogP contribution in [0.2, 0.25) is 0 Å². The third kappa shape index (κ3) is 3.25. The molecule has 0 radical (unpaired) electrons. The number of alkyl halides is 1. The molecule has 6 rings (SSSR count). The highest BCUT2D eigenvalue weighted by Gasteiger charge is 2.75. The first kappa shape index (κ1) is 22.2. The highest BCUT2D eigenvalue weighted by molar-refractivity contribution is 8.02. The summed E-state index contributed by atoms with van der Waals surface area (Å²) in [6.45, 7) is 0.475. The molecular formula is C28H27ClN2O2S. The molecule has 1 saturated carbocycles. The van der Waals surface area contributed by atoms with Crippen molar-refractivity contribution in [1.82, 2.24) is 9.96 Å². The molecule has 6 heteroatoms. The van der Waals surface area contributed by atoms with E-state index in [1.807, 2.05) is 76.7 Å². The highest BCUT2D eigenvalue weighted by Crippen LogP contribution is 2.69. The Morgan fingerprint density at radius 1 is 0.794 bits per heavy atom. The third-order valence-electron chi connectivity index (χ3n) is 7.14. The summed E-state index contributed by atoms with van der Waals surface area (Å²) in [7, 11) is 0. The third-order valence-corrected chi connectivity index (χ3v) is 9.35. The van der Waals surface area contributed by atoms with E-state index >= 15 is 0 Å². The van der Waals surface area contributed by atoms with Gasteiger partial charge in [-0.2, -0.15) is 0 Å². The number of benzene rings is 3. The minimum Gasteiger partial charge on any atom is -0.301 e. The average Bonchev–Trinajstić information content (AvgIpc) is 3.39. The summed E-state index contributed by atoms with van der Waals surface area (Å²) in [5.41, 5.74) is 2.93. The molecular weight excluding hydrogens is 464 g/mol. The van der Waals surface area contributed by atoms with Gasteiger partial charge in [0.15, 0.2) is 4.99 Å². The number of thioether (sulfide) groups is 1. The summed E-state index contributed by atoms with van der Waals surface area (Å²) >= 11 is 8.99. The maximum absolute atomic E-state index is 14.3. The minimum absolute atomic E-state index is 0.0382. The van der Waals surface area contributed by atoms with Crippen LogP contribution in [0.15, 0.2) is 91.0 Å². The Morgan fingerprint density at radius 2 is 1.35 bits per heavy atom. The number of carbonyl (C=O) groups is 1. The minimum atomic E-state index is -1.18. The highest BCUT2D eigenvalue weighted by atomic mass is 35.5. The molecule has 1 aliphatic carbocycles. The van der Waals surface area contributed by atoms with Crippen LogP contribution in [0.4, 0.5) is 0 Å². The quantitative estimate of drug-likeness (QED) is 0.299. The van der Waals surface area contributed by atoms with Gasteiger partial charge in [0.25, 0.3) is 5.91 Å². The molecule has 2 bridgehead atoms. The van der Waals surface area contributed by atoms with Gasteiger partial charge in [0.05, 0.1) is 0 Å². The Hall–Kier alpha value is -2.31. The van der Waals surface area contributed by atoms with Crippen molar-refractivity contribution in [3.63, 3.8) is 0 Å². The van der Waals surface area contributed by atoms with E-state index in [4.69, 9.17) is 16.4 Å². The fourth-order valence-corrected chi connectivity index (χ4v) is 7.73. The summed E-state index contributed by atoms with van der Waals surface area (Å²) in [6, 6.07) is 30.3. The number of hydroxylamine groups is 2. The summed E-state index contributed by atoms with van der Waals surface area (Å²) in [6.07, 6.45) is 4.90. The van der Waals surface area contributed by atoms with Crippen molar-refractivity contribution in [2.24, 2.45) is 0 Å². The predicted molar refractivity (Wildman–Crippen MR) is 135 cm³/mol. The van der Waals surface area contributed by atoms with Crippen molar-refractivity contribution in [2.75, 3.05) is 0 Å². The van der Waals surface area contributed by atoms with Gasteiger partial charge in [-0.1, -0.05) is 134 Å². The summed E-state index contributed by atoms with van der Waals surface area (Å²) in [5.74, 6) is -0.0382. The second-order valence-corrected chi connectivity index (χ2v) is 11.4. The van der Waals surface area contributed by atoms with E-state index in [2.05, 4.69) is 24.3 Å². The second kappa shape index (κ2) is 8.42. The molecule has 3 aliphatic rings. The Balaban J connectivity index is 1.57. The molecule has 4 nitrogen and oxygen atoms in total. The van der Waals surface area contributed by atoms with Crippen molar-refractivity contribution in [3.8, 4) is 0 Å². The lowest BCUT2D eigenvalue weighted by Crippen LogP contribution is -2.64. The lowest BCUT2D eigenvalue weighted by Gasteiger charge is -2.52. The zero-order valence-electron chi connectivity index (χ0n) is 18.9. The molecule has 2 saturated heterocycles. The van der Waals surface area contributed by atoms with Gasteiger partial charge in [-0.15, -0.1) is 5.06 Å². The van der Waals surface area contributed by atoms with Gasteiger partial charge in [-0.25, -0.2) is 0 Å². The second-order valence-electron chi connectivity index (χ2n) is 9.30. The smallest absolute Gasteiger partial charge is 0.275 e. The first-order valence-corrected chi connectivity index (χ1v) is 13.1. The molecule has 3 aromatic rings. The average molecular weight is 491 g/mol. The van der Waals surface area contributed by atoms with Gasteiger partial charge in [0.1, 0.15) is 5.00 Å². The number of nitrogens with zero attached hydrogens (tertiary/aromatic N) is 2. The Morgan fingerprint density at radius 3 is 1.97 bits per heavy atom. The summed E-state index contributed by atoms with van der Waals surface area (Å²) in [5, 5.41) is 1.98. The number of rotatable bonds is 5. The monoisotopic (exact) mass is 490 g/mol. The number of fused-ring (bicyclic) bond motifs is 2. The molecule has 2 aliphatic heterocycles. The fraction of sp³-hybridized carbons (Fsp3) is 0.321. The number of halogens is 1. The van der Waals surface area contributed by atoms with Crippen molar-refractivity contribution in [3.05, 3.63) is 108 Å². The van der Waals surface area contributed by atoms with Crippen LogP contribution in [0.25, 0.3) is 0 Å². The number of amides is 1. The van der Waals surface area contributed by atoms with Crippen molar-refractivity contribution < 1.29 is 9.63 Å². The maximum Gasteiger partial charge on any atom is 0.275 e. The van der Waals surface area contributed by atoms with Gasteiger partial charge >= 0.3 is 0 Å². The van der Waals surface area contributed by atoms with E-state index in [0.717, 1.165) is 42.4 Å². The molecule has 0 aromatic heterocycles. The van der Waals surface area contributed by atoms with E-state index in [0.29, 0.717) is 6.54 Å². The molecule has 3 fully saturated rings. The lowest BCUT2D eigenvalue weighted by molar-refractivity contribution is -0.312. The van der Waals surface area contributed by atoms with E-state index in [1.54, 1.807) is 11.8 Å². The van der Waals surface area contributed by atoms with Crippen molar-refractivity contribution >= 4 is 29.3 Å². The summed E-state index contributed by atoms with van der Waals surface area (Å²) < 4.78 is 0. The molecule has 2 atom stereocenters. The van der Waals surface area contributed by atoms with E-state index in [-0.39, 0.29) is 5.91 Å². The lowest BCUT2D eigenvalue weighted by atomic mass is 9.92. The molecule has 1 amide bonds. The Labute approximate surface area is 209 Å². The number of carbonyl (C=O) groups excluding carboxylic acids is 1. The van der Waals surface area contributed by atoms with Crippen molar-refractivity contribution in [1.29, 1.82) is 0 Å². The molecule has 34 heavy (non-hydrogen) atoms. The number of hydrogen-bond acceptors (Lipinski definition) is 4. The molecule has 0 spiro atoms. The SMILES string of the molecule is O=C1N(Cc2ccccc2)[C@]2(c3ccccc3)S[C@@]1(c1ccccc1)ON2C1(Cl)CCCCC1. The molecule has 174 valence electrons. The van der Waals surface area contributed by atoms with Crippen LogP contribution < -0.4 is 0 Å². The molecule has 3 aromatic carbocycles. The maximum atomic E-state index is 14.3. The van der Waals surface area contributed by atoms with Crippen LogP contribution in [0, 0.1) is 0 Å². The van der Waals surface area contributed by atoms with Gasteiger partial charge in [0, 0.05) is 17.7 Å². The van der Waals surface area contributed by atoms with E-state index in [1.165, 1.54) is 6.42 Å². The largest absolute Gasteiger partial charge is 0.301 e. The van der Waals surface area contributed by atoms with Crippen LogP contribution in [0.3, 0.4) is 0 Å². The van der Waals surface area contributed by atoms with Crippen LogP contribution >= 0.6 is 23.4 Å². The normalized spacial score (nSPS) is 28.4. The molecule has 2 heterocycles. The van der Waals surface area contributed by atoms with Crippen LogP contribution in [0.1, 0.15) is 48.8 Å². The number of hydrogen-bond donors (Lipinski definition) is 0. The fourth-order valence-electron chi connectivity index (χ4n) is 5.49. The van der Waals surface area contributed by atoms with Gasteiger partial charge in [-0.05, 0) is 18.4 Å². The zero-order chi connectivity index (χ0) is 23.2. The summed E-state index contributed by atoms with van der Waals surface area (Å²) in [4.78, 5) is 20.4. The zero-order valence-corrected chi connectivity index (χ0v) is 20.5. The first-order valence-electron chi connectivity index (χ1n) is 11.9. The Kier molecular flexibility index (Phi) is 5.49. The van der Waals surface area contributed by atoms with Crippen molar-refractivity contribution in [2.45, 2.75) is 53.6 Å². The van der Waals surface area contributed by atoms with E-state index in [9.17, 15) is 4.79 Å².